The summed E-state index contributed by atoms with van der Waals surface area (Å²) in [6, 6.07) is 6.41. The van der Waals surface area contributed by atoms with Gasteiger partial charge in [-0.05, 0) is 25.0 Å². The Kier molecular flexibility index (Phi) is 8.77. The molecule has 2 atom stereocenters. The van der Waals surface area contributed by atoms with Crippen LogP contribution in [0.25, 0.3) is 0 Å². The Morgan fingerprint density at radius 1 is 1.24 bits per heavy atom. The van der Waals surface area contributed by atoms with Gasteiger partial charge in [0.2, 0.25) is 5.91 Å². The molecule has 29 heavy (non-hydrogen) atoms. The summed E-state index contributed by atoms with van der Waals surface area (Å²) in [5.74, 6) is -0.0890. The van der Waals surface area contributed by atoms with Gasteiger partial charge in [0.05, 0.1) is 17.0 Å². The zero-order chi connectivity index (χ0) is 20.1. The summed E-state index contributed by atoms with van der Waals surface area (Å²) in [5.41, 5.74) is 0.585. The van der Waals surface area contributed by atoms with Crippen LogP contribution in [0.3, 0.4) is 0 Å². The lowest BCUT2D eigenvalue weighted by Crippen LogP contribution is -2.36. The van der Waals surface area contributed by atoms with Gasteiger partial charge in [-0.3, -0.25) is 19.9 Å². The van der Waals surface area contributed by atoms with Gasteiger partial charge in [0.1, 0.15) is 0 Å². The molecular formula is C20H29ClN4O3S. The average Bonchev–Trinajstić information content (AvgIpc) is 2.85. The van der Waals surface area contributed by atoms with Gasteiger partial charge in [-0.15, -0.1) is 12.4 Å². The van der Waals surface area contributed by atoms with Crippen LogP contribution in [0.4, 0.5) is 11.4 Å². The van der Waals surface area contributed by atoms with Crippen molar-refractivity contribution in [3.63, 3.8) is 0 Å². The summed E-state index contributed by atoms with van der Waals surface area (Å²) in [6.45, 7) is 2.14. The zero-order valence-corrected chi connectivity index (χ0v) is 18.5. The second kappa shape index (κ2) is 10.8. The lowest BCUT2D eigenvalue weighted by molar-refractivity contribution is -0.384. The summed E-state index contributed by atoms with van der Waals surface area (Å²) in [5, 5.41) is 14.9. The molecule has 2 fully saturated rings. The van der Waals surface area contributed by atoms with Gasteiger partial charge < -0.3 is 10.2 Å². The molecule has 1 aromatic rings. The highest BCUT2D eigenvalue weighted by molar-refractivity contribution is 8.14. The molecule has 1 amide bonds. The fourth-order valence-electron chi connectivity index (χ4n) is 3.82. The normalized spacial score (nSPS) is 24.1. The van der Waals surface area contributed by atoms with Gasteiger partial charge >= 0.3 is 0 Å². The van der Waals surface area contributed by atoms with Crippen LogP contribution in [-0.4, -0.2) is 45.3 Å². The van der Waals surface area contributed by atoms with E-state index in [1.54, 1.807) is 23.9 Å². The predicted octanol–water partition coefficient (Wildman–Crippen LogP) is 4.86. The second-order valence-corrected chi connectivity index (χ2v) is 8.96. The number of hydrogen-bond donors (Lipinski definition) is 1. The summed E-state index contributed by atoms with van der Waals surface area (Å²) >= 11 is 1.76. The number of anilines is 1. The number of benzene rings is 1. The largest absolute Gasteiger partial charge is 0.350 e. The van der Waals surface area contributed by atoms with Crippen LogP contribution in [0.1, 0.15) is 51.9 Å². The number of thioether (sulfide) groups is 1. The van der Waals surface area contributed by atoms with Crippen molar-refractivity contribution in [1.82, 2.24) is 4.90 Å². The maximum atomic E-state index is 12.5. The van der Waals surface area contributed by atoms with Crippen molar-refractivity contribution in [3.05, 3.63) is 34.4 Å². The van der Waals surface area contributed by atoms with E-state index >= 15 is 0 Å². The van der Waals surface area contributed by atoms with E-state index in [0.29, 0.717) is 18.2 Å². The third-order valence-electron chi connectivity index (χ3n) is 5.51. The molecule has 0 radical (unpaired) electrons. The number of nitro benzene ring substituents is 1. The van der Waals surface area contributed by atoms with Crippen molar-refractivity contribution in [1.29, 1.82) is 0 Å². The minimum atomic E-state index is -0.451. The Morgan fingerprint density at radius 2 is 1.86 bits per heavy atom. The molecule has 1 saturated carbocycles. The van der Waals surface area contributed by atoms with Gasteiger partial charge in [-0.2, -0.15) is 0 Å². The molecular weight excluding hydrogens is 412 g/mol. The SMILES string of the molecule is CC1SC(=NC2CCCCCC2)N(C)C1CC(=O)Nc1ccc([N+](=O)[O-])cc1.Cl. The van der Waals surface area contributed by atoms with E-state index in [1.807, 2.05) is 7.05 Å². The Balaban J connectivity index is 0.00000300. The zero-order valence-electron chi connectivity index (χ0n) is 16.9. The summed E-state index contributed by atoms with van der Waals surface area (Å²) in [6.07, 6.45) is 7.83. The van der Waals surface area contributed by atoms with Crippen LogP contribution in [-0.2, 0) is 4.79 Å². The Bertz CT molecular complexity index is 736. The third-order valence-corrected chi connectivity index (χ3v) is 6.80. The molecule has 3 rings (SSSR count). The number of amidine groups is 1. The Labute approximate surface area is 182 Å². The van der Waals surface area contributed by atoms with Crippen molar-refractivity contribution in [2.24, 2.45) is 4.99 Å². The number of carbonyl (C=O) groups is 1. The molecule has 160 valence electrons. The van der Waals surface area contributed by atoms with Crippen LogP contribution >= 0.6 is 24.2 Å². The lowest BCUT2D eigenvalue weighted by Gasteiger charge is -2.23. The quantitative estimate of drug-likeness (QED) is 0.401. The van der Waals surface area contributed by atoms with Gasteiger partial charge in [-0.25, -0.2) is 0 Å². The van der Waals surface area contributed by atoms with Crippen molar-refractivity contribution in [2.75, 3.05) is 12.4 Å². The first-order valence-corrected chi connectivity index (χ1v) is 10.8. The molecule has 1 aliphatic carbocycles. The van der Waals surface area contributed by atoms with Gasteiger partial charge in [0, 0.05) is 36.5 Å². The van der Waals surface area contributed by atoms with Crippen LogP contribution in [0.2, 0.25) is 0 Å². The monoisotopic (exact) mass is 440 g/mol. The van der Waals surface area contributed by atoms with Crippen LogP contribution in [0.15, 0.2) is 29.3 Å². The minimum absolute atomic E-state index is 0. The highest BCUT2D eigenvalue weighted by Gasteiger charge is 2.35. The number of carbonyl (C=O) groups excluding carboxylic acids is 1. The van der Waals surface area contributed by atoms with Crippen LogP contribution in [0.5, 0.6) is 0 Å². The highest BCUT2D eigenvalue weighted by Crippen LogP contribution is 2.33. The third kappa shape index (κ3) is 6.34. The first-order chi connectivity index (χ1) is 13.4. The number of nitrogens with one attached hydrogen (secondary N) is 1. The first kappa shape index (κ1) is 23.5. The standard InChI is InChI=1S/C20H28N4O3S.ClH/c1-14-18(13-19(25)21-16-9-11-17(12-10-16)24(26)27)23(2)20(28-14)22-15-7-5-3-4-6-8-15;/h9-12,14-15,18H,3-8,13H2,1-2H3,(H,21,25);1H. The number of amides is 1. The van der Waals surface area contributed by atoms with Gasteiger partial charge in [0.15, 0.2) is 5.17 Å². The molecule has 2 aliphatic rings. The van der Waals surface area contributed by atoms with E-state index in [4.69, 9.17) is 4.99 Å². The molecule has 9 heteroatoms. The highest BCUT2D eigenvalue weighted by atomic mass is 35.5. The molecule has 0 aromatic heterocycles. The topological polar surface area (TPSA) is 87.8 Å². The molecule has 7 nitrogen and oxygen atoms in total. The molecule has 1 saturated heterocycles. The number of rotatable bonds is 5. The Hall–Kier alpha value is -1.80. The number of halogens is 1. The van der Waals surface area contributed by atoms with Crippen molar-refractivity contribution in [3.8, 4) is 0 Å². The average molecular weight is 441 g/mol. The molecule has 1 heterocycles. The van der Waals surface area contributed by atoms with Crippen molar-refractivity contribution >= 4 is 46.6 Å². The molecule has 0 bridgehead atoms. The van der Waals surface area contributed by atoms with E-state index in [2.05, 4.69) is 17.1 Å². The van der Waals surface area contributed by atoms with Crippen LogP contribution < -0.4 is 5.32 Å². The van der Waals surface area contributed by atoms with Crippen LogP contribution in [0, 0.1) is 10.1 Å². The number of nitro groups is 1. The van der Waals surface area contributed by atoms with E-state index in [1.165, 1.54) is 37.8 Å². The van der Waals surface area contributed by atoms with Crippen molar-refractivity contribution in [2.45, 2.75) is 69.2 Å². The lowest BCUT2D eigenvalue weighted by atomic mass is 10.1. The number of aliphatic imine (C=N–C) groups is 1. The van der Waals surface area contributed by atoms with E-state index in [9.17, 15) is 14.9 Å². The van der Waals surface area contributed by atoms with Gasteiger partial charge in [0.25, 0.3) is 5.69 Å². The number of non-ortho nitro benzene ring substituents is 1. The van der Waals surface area contributed by atoms with E-state index in [-0.39, 0.29) is 35.3 Å². The fourth-order valence-corrected chi connectivity index (χ4v) is 5.10. The maximum absolute atomic E-state index is 12.5. The molecule has 1 N–H and O–H groups in total. The summed E-state index contributed by atoms with van der Waals surface area (Å²) in [7, 11) is 2.02. The molecule has 1 aromatic carbocycles. The molecule has 2 unspecified atom stereocenters. The number of hydrogen-bond acceptors (Lipinski definition) is 5. The number of nitrogens with zero attached hydrogens (tertiary/aromatic N) is 3. The fraction of sp³-hybridized carbons (Fsp3) is 0.600. The summed E-state index contributed by atoms with van der Waals surface area (Å²) < 4.78 is 0. The van der Waals surface area contributed by atoms with E-state index in [0.717, 1.165) is 18.0 Å². The minimum Gasteiger partial charge on any atom is -0.350 e. The van der Waals surface area contributed by atoms with Gasteiger partial charge in [-0.1, -0.05) is 44.4 Å². The summed E-state index contributed by atoms with van der Waals surface area (Å²) in [4.78, 5) is 29.9. The Morgan fingerprint density at radius 3 is 2.45 bits per heavy atom. The maximum Gasteiger partial charge on any atom is 0.269 e. The second-order valence-electron chi connectivity index (χ2n) is 7.61. The first-order valence-electron chi connectivity index (χ1n) is 9.95. The molecule has 0 spiro atoms. The van der Waals surface area contributed by atoms with E-state index < -0.39 is 4.92 Å². The van der Waals surface area contributed by atoms with Crippen molar-refractivity contribution < 1.29 is 9.72 Å². The predicted molar refractivity (Wildman–Crippen MR) is 121 cm³/mol. The molecule has 1 aliphatic heterocycles. The smallest absolute Gasteiger partial charge is 0.269 e.